The summed E-state index contributed by atoms with van der Waals surface area (Å²) < 4.78 is 5.32. The smallest absolute Gasteiger partial charge is 0.310 e. The first-order chi connectivity index (χ1) is 6.68. The number of carboxylic acids is 1. The summed E-state index contributed by atoms with van der Waals surface area (Å²) in [5, 5.41) is 8.82. The minimum Gasteiger partial charge on any atom is -0.490 e. The third kappa shape index (κ3) is 1.39. The molecule has 1 aliphatic rings. The Kier molecular flexibility index (Phi) is 2.04. The number of ether oxygens (including phenoxy) is 1. The molecule has 1 aromatic rings. The van der Waals surface area contributed by atoms with Gasteiger partial charge in [0.15, 0.2) is 0 Å². The van der Waals surface area contributed by atoms with Crippen molar-refractivity contribution in [2.75, 3.05) is 12.3 Å². The van der Waals surface area contributed by atoms with Gasteiger partial charge in [-0.15, -0.1) is 0 Å². The molecule has 0 aliphatic carbocycles. The molecule has 4 heteroatoms. The molecule has 0 radical (unpaired) electrons. The maximum atomic E-state index is 10.7. The Morgan fingerprint density at radius 2 is 2.36 bits per heavy atom. The molecule has 0 fully saturated rings. The second-order valence-corrected chi connectivity index (χ2v) is 3.39. The van der Waals surface area contributed by atoms with Gasteiger partial charge in [-0.05, 0) is 18.1 Å². The van der Waals surface area contributed by atoms with Crippen molar-refractivity contribution in [3.8, 4) is 5.75 Å². The molecule has 1 atom stereocenters. The van der Waals surface area contributed by atoms with Gasteiger partial charge in [-0.3, -0.25) is 4.79 Å². The van der Waals surface area contributed by atoms with Crippen LogP contribution in [0, 0.1) is 5.92 Å². The van der Waals surface area contributed by atoms with E-state index < -0.39 is 11.9 Å². The molecule has 74 valence electrons. The number of nitrogens with two attached hydrogens (primary N) is 1. The van der Waals surface area contributed by atoms with Crippen LogP contribution in [0.1, 0.15) is 5.56 Å². The van der Waals surface area contributed by atoms with Crippen LogP contribution in [0.25, 0.3) is 0 Å². The Morgan fingerprint density at radius 1 is 1.57 bits per heavy atom. The van der Waals surface area contributed by atoms with Crippen molar-refractivity contribution in [1.29, 1.82) is 0 Å². The van der Waals surface area contributed by atoms with E-state index in [0.29, 0.717) is 17.9 Å². The summed E-state index contributed by atoms with van der Waals surface area (Å²) in [5.41, 5.74) is 7.14. The quantitative estimate of drug-likeness (QED) is 0.650. The number of hydrogen-bond donors (Lipinski definition) is 2. The van der Waals surface area contributed by atoms with E-state index in [9.17, 15) is 4.79 Å². The standard InChI is InChI=1S/C10H11NO3/c11-8-3-1-2-6-4-7(10(12)13)5-14-9(6)8/h1-3,7H,4-5,11H2,(H,12,13)/t7-/m0/s1. The number of anilines is 1. The minimum atomic E-state index is -0.821. The first-order valence-corrected chi connectivity index (χ1v) is 4.41. The molecule has 0 unspecified atom stereocenters. The third-order valence-electron chi connectivity index (χ3n) is 2.37. The molecule has 2 rings (SSSR count). The zero-order valence-corrected chi connectivity index (χ0v) is 7.56. The van der Waals surface area contributed by atoms with E-state index in [1.807, 2.05) is 12.1 Å². The van der Waals surface area contributed by atoms with Crippen LogP contribution in [0.15, 0.2) is 18.2 Å². The highest BCUT2D eigenvalue weighted by atomic mass is 16.5. The molecule has 1 aromatic carbocycles. The van der Waals surface area contributed by atoms with Gasteiger partial charge in [0, 0.05) is 0 Å². The fourth-order valence-corrected chi connectivity index (χ4v) is 1.61. The number of fused-ring (bicyclic) bond motifs is 1. The number of benzene rings is 1. The fraction of sp³-hybridized carbons (Fsp3) is 0.300. The fourth-order valence-electron chi connectivity index (χ4n) is 1.61. The lowest BCUT2D eigenvalue weighted by molar-refractivity contribution is -0.143. The summed E-state index contributed by atoms with van der Waals surface area (Å²) in [6.45, 7) is 0.205. The van der Waals surface area contributed by atoms with Gasteiger partial charge in [-0.2, -0.15) is 0 Å². The van der Waals surface area contributed by atoms with Gasteiger partial charge in [-0.25, -0.2) is 0 Å². The minimum absolute atomic E-state index is 0.205. The summed E-state index contributed by atoms with van der Waals surface area (Å²) in [6, 6.07) is 5.41. The first kappa shape index (κ1) is 8.87. The van der Waals surface area contributed by atoms with E-state index in [2.05, 4.69) is 0 Å². The average Bonchev–Trinajstić information content (AvgIpc) is 2.17. The van der Waals surface area contributed by atoms with Crippen molar-refractivity contribution in [1.82, 2.24) is 0 Å². The Labute approximate surface area is 81.3 Å². The number of para-hydroxylation sites is 1. The van der Waals surface area contributed by atoms with E-state index >= 15 is 0 Å². The normalized spacial score (nSPS) is 19.6. The predicted octanol–water partition coefficient (Wildman–Crippen LogP) is 0.905. The summed E-state index contributed by atoms with van der Waals surface area (Å²) in [4.78, 5) is 10.7. The largest absolute Gasteiger partial charge is 0.490 e. The topological polar surface area (TPSA) is 72.5 Å². The van der Waals surface area contributed by atoms with Gasteiger partial charge < -0.3 is 15.6 Å². The highest BCUT2D eigenvalue weighted by Crippen LogP contribution is 2.32. The second kappa shape index (κ2) is 3.21. The molecule has 3 N–H and O–H groups in total. The molecule has 14 heavy (non-hydrogen) atoms. The molecular formula is C10H11NO3. The number of rotatable bonds is 1. The van der Waals surface area contributed by atoms with Crippen LogP contribution < -0.4 is 10.5 Å². The van der Waals surface area contributed by atoms with Gasteiger partial charge >= 0.3 is 5.97 Å². The molecule has 4 nitrogen and oxygen atoms in total. The van der Waals surface area contributed by atoms with E-state index in [1.54, 1.807) is 6.07 Å². The number of hydrogen-bond acceptors (Lipinski definition) is 3. The molecule has 0 amide bonds. The average molecular weight is 193 g/mol. The van der Waals surface area contributed by atoms with E-state index in [4.69, 9.17) is 15.6 Å². The molecule has 0 spiro atoms. The van der Waals surface area contributed by atoms with Crippen LogP contribution in [-0.4, -0.2) is 17.7 Å². The van der Waals surface area contributed by atoms with Crippen LogP contribution in [0.2, 0.25) is 0 Å². The maximum absolute atomic E-state index is 10.7. The predicted molar refractivity (Wildman–Crippen MR) is 51.2 cm³/mol. The lowest BCUT2D eigenvalue weighted by Crippen LogP contribution is -2.28. The maximum Gasteiger partial charge on any atom is 0.310 e. The van der Waals surface area contributed by atoms with Crippen molar-refractivity contribution >= 4 is 11.7 Å². The Hall–Kier alpha value is -1.71. The van der Waals surface area contributed by atoms with Crippen LogP contribution in [0.5, 0.6) is 5.75 Å². The molecule has 0 bridgehead atoms. The van der Waals surface area contributed by atoms with Crippen LogP contribution in [-0.2, 0) is 11.2 Å². The molecule has 1 heterocycles. The SMILES string of the molecule is Nc1cccc2c1OC[C@@H](C(=O)O)C2. The van der Waals surface area contributed by atoms with Gasteiger partial charge in [0.1, 0.15) is 12.4 Å². The lowest BCUT2D eigenvalue weighted by Gasteiger charge is -2.23. The van der Waals surface area contributed by atoms with Crippen molar-refractivity contribution in [3.63, 3.8) is 0 Å². The van der Waals surface area contributed by atoms with E-state index in [1.165, 1.54) is 0 Å². The summed E-state index contributed by atoms with van der Waals surface area (Å²) >= 11 is 0. The number of carbonyl (C=O) groups is 1. The summed E-state index contributed by atoms with van der Waals surface area (Å²) in [7, 11) is 0. The lowest BCUT2D eigenvalue weighted by atomic mass is 9.96. The monoisotopic (exact) mass is 193 g/mol. The van der Waals surface area contributed by atoms with Crippen molar-refractivity contribution in [2.24, 2.45) is 5.92 Å². The van der Waals surface area contributed by atoms with Crippen LogP contribution in [0.3, 0.4) is 0 Å². The van der Waals surface area contributed by atoms with E-state index in [-0.39, 0.29) is 6.61 Å². The number of carboxylic acid groups (broad SMARTS) is 1. The summed E-state index contributed by atoms with van der Waals surface area (Å²) in [6.07, 6.45) is 0.496. The number of nitrogen functional groups attached to an aromatic ring is 1. The second-order valence-electron chi connectivity index (χ2n) is 3.39. The summed E-state index contributed by atoms with van der Waals surface area (Å²) in [5.74, 6) is -0.632. The zero-order valence-electron chi connectivity index (χ0n) is 7.56. The van der Waals surface area contributed by atoms with Crippen LogP contribution >= 0.6 is 0 Å². The molecular weight excluding hydrogens is 182 g/mol. The van der Waals surface area contributed by atoms with Crippen molar-refractivity contribution in [2.45, 2.75) is 6.42 Å². The Morgan fingerprint density at radius 3 is 3.07 bits per heavy atom. The molecule has 0 aromatic heterocycles. The highest BCUT2D eigenvalue weighted by molar-refractivity contribution is 5.72. The third-order valence-corrected chi connectivity index (χ3v) is 2.37. The van der Waals surface area contributed by atoms with Crippen molar-refractivity contribution < 1.29 is 14.6 Å². The van der Waals surface area contributed by atoms with Gasteiger partial charge in [0.05, 0.1) is 11.6 Å². The molecule has 0 saturated heterocycles. The van der Waals surface area contributed by atoms with Crippen LogP contribution in [0.4, 0.5) is 5.69 Å². The van der Waals surface area contributed by atoms with Gasteiger partial charge in [0.2, 0.25) is 0 Å². The van der Waals surface area contributed by atoms with E-state index in [0.717, 1.165) is 5.56 Å². The van der Waals surface area contributed by atoms with Gasteiger partial charge in [0.25, 0.3) is 0 Å². The van der Waals surface area contributed by atoms with Crippen molar-refractivity contribution in [3.05, 3.63) is 23.8 Å². The molecule has 1 aliphatic heterocycles. The highest BCUT2D eigenvalue weighted by Gasteiger charge is 2.26. The first-order valence-electron chi connectivity index (χ1n) is 4.41. The Bertz CT molecular complexity index is 376. The molecule has 0 saturated carbocycles. The Balaban J connectivity index is 2.31. The zero-order chi connectivity index (χ0) is 10.1. The number of aliphatic carboxylic acids is 1. The van der Waals surface area contributed by atoms with Gasteiger partial charge in [-0.1, -0.05) is 12.1 Å².